The Hall–Kier alpha value is -0.970. The Bertz CT molecular complexity index is 601. The van der Waals surface area contributed by atoms with Crippen LogP contribution in [0.5, 0.6) is 0 Å². The Kier molecular flexibility index (Phi) is 2.97. The van der Waals surface area contributed by atoms with Crippen molar-refractivity contribution in [2.75, 3.05) is 0 Å². The molecule has 0 aliphatic rings. The van der Waals surface area contributed by atoms with Crippen LogP contribution in [0.4, 0.5) is 0 Å². The molecule has 7 heteroatoms. The maximum Gasteiger partial charge on any atom is 0.355 e. The molecular formula is C10H7Cl3N2O2. The van der Waals surface area contributed by atoms with Crippen molar-refractivity contribution < 1.29 is 9.90 Å². The number of alkyl halides is 3. The molecule has 0 atom stereocenters. The fourth-order valence-electron chi connectivity index (χ4n) is 1.61. The van der Waals surface area contributed by atoms with Gasteiger partial charge in [-0.1, -0.05) is 40.9 Å². The molecule has 0 unspecified atom stereocenters. The van der Waals surface area contributed by atoms with E-state index in [-0.39, 0.29) is 11.4 Å². The van der Waals surface area contributed by atoms with E-state index < -0.39 is 9.76 Å². The second-order valence-electron chi connectivity index (χ2n) is 3.50. The van der Waals surface area contributed by atoms with Crippen LogP contribution in [0.3, 0.4) is 0 Å². The highest BCUT2D eigenvalue weighted by Gasteiger charge is 2.34. The molecular weight excluding hydrogens is 286 g/mol. The van der Waals surface area contributed by atoms with Gasteiger partial charge in [0.05, 0.1) is 0 Å². The van der Waals surface area contributed by atoms with Gasteiger partial charge in [-0.05, 0) is 18.6 Å². The van der Waals surface area contributed by atoms with Gasteiger partial charge in [0.1, 0.15) is 11.3 Å². The van der Waals surface area contributed by atoms with E-state index in [0.717, 1.165) is 5.56 Å². The second-order valence-corrected chi connectivity index (χ2v) is 5.78. The van der Waals surface area contributed by atoms with Gasteiger partial charge < -0.3 is 5.11 Å². The lowest BCUT2D eigenvalue weighted by molar-refractivity contribution is 0.0688. The largest absolute Gasteiger partial charge is 0.477 e. The molecule has 17 heavy (non-hydrogen) atoms. The summed E-state index contributed by atoms with van der Waals surface area (Å²) in [6.45, 7) is 1.80. The molecule has 0 aliphatic heterocycles. The van der Waals surface area contributed by atoms with Crippen LogP contribution >= 0.6 is 34.8 Å². The predicted octanol–water partition coefficient (Wildman–Crippen LogP) is 3.17. The zero-order valence-corrected chi connectivity index (χ0v) is 10.9. The molecule has 0 aliphatic carbocycles. The summed E-state index contributed by atoms with van der Waals surface area (Å²) >= 11 is 17.2. The summed E-state index contributed by atoms with van der Waals surface area (Å²) in [6, 6.07) is 3.51. The van der Waals surface area contributed by atoms with Gasteiger partial charge in [0.2, 0.25) is 3.79 Å². The number of hydrogen-bond acceptors (Lipinski definition) is 2. The number of carboxylic acids is 1. The summed E-state index contributed by atoms with van der Waals surface area (Å²) in [5.74, 6) is -1.19. The average Bonchev–Trinajstić information content (AvgIpc) is 2.57. The van der Waals surface area contributed by atoms with Crippen molar-refractivity contribution in [3.63, 3.8) is 0 Å². The molecule has 90 valence electrons. The smallest absolute Gasteiger partial charge is 0.355 e. The molecule has 4 nitrogen and oxygen atoms in total. The van der Waals surface area contributed by atoms with Gasteiger partial charge in [-0.25, -0.2) is 9.78 Å². The lowest BCUT2D eigenvalue weighted by Crippen LogP contribution is -2.11. The molecule has 0 bridgehead atoms. The van der Waals surface area contributed by atoms with Crippen molar-refractivity contribution >= 4 is 46.4 Å². The molecule has 0 radical (unpaired) electrons. The van der Waals surface area contributed by atoms with Crippen molar-refractivity contribution in [2.45, 2.75) is 10.7 Å². The molecule has 2 rings (SSSR count). The molecule has 0 fully saturated rings. The van der Waals surface area contributed by atoms with Crippen molar-refractivity contribution in [1.82, 2.24) is 9.38 Å². The minimum absolute atomic E-state index is 0.0794. The highest BCUT2D eigenvalue weighted by molar-refractivity contribution is 6.66. The minimum atomic E-state index is -1.87. The van der Waals surface area contributed by atoms with E-state index in [2.05, 4.69) is 4.98 Å². The van der Waals surface area contributed by atoms with E-state index in [9.17, 15) is 9.90 Å². The summed E-state index contributed by atoms with van der Waals surface area (Å²) in [4.78, 5) is 15.3. The lowest BCUT2D eigenvalue weighted by atomic mass is 10.3. The van der Waals surface area contributed by atoms with Crippen LogP contribution < -0.4 is 0 Å². The standard InChI is InChI=1S/C10H7Cl3N2O2/c1-5-3-2-4-15-6(9(16)17)7(10(11,12)13)14-8(5)15/h2-4H,1H3,(H,16,17). The molecule has 1 N–H and O–H groups in total. The van der Waals surface area contributed by atoms with Crippen LogP contribution in [-0.4, -0.2) is 20.5 Å². The van der Waals surface area contributed by atoms with E-state index in [1.807, 2.05) is 0 Å². The Labute approximate surface area is 112 Å². The van der Waals surface area contributed by atoms with Gasteiger partial charge in [-0.15, -0.1) is 0 Å². The molecule has 2 heterocycles. The molecule has 0 saturated carbocycles. The van der Waals surface area contributed by atoms with Gasteiger partial charge in [0, 0.05) is 6.20 Å². The summed E-state index contributed by atoms with van der Waals surface area (Å²) in [5, 5.41) is 9.17. The summed E-state index contributed by atoms with van der Waals surface area (Å²) in [6.07, 6.45) is 1.57. The number of carboxylic acid groups (broad SMARTS) is 1. The van der Waals surface area contributed by atoms with E-state index in [4.69, 9.17) is 34.8 Å². The number of halogens is 3. The minimum Gasteiger partial charge on any atom is -0.477 e. The number of aromatic carboxylic acids is 1. The number of aromatic nitrogens is 2. The highest BCUT2D eigenvalue weighted by Crippen LogP contribution is 2.39. The average molecular weight is 294 g/mol. The van der Waals surface area contributed by atoms with Crippen LogP contribution in [-0.2, 0) is 3.79 Å². The fraction of sp³-hybridized carbons (Fsp3) is 0.200. The summed E-state index contributed by atoms with van der Waals surface area (Å²) in [5.41, 5.74) is 1.05. The van der Waals surface area contributed by atoms with E-state index in [0.29, 0.717) is 5.65 Å². The molecule has 0 saturated heterocycles. The normalized spacial score (nSPS) is 12.0. The first-order valence-electron chi connectivity index (χ1n) is 4.60. The van der Waals surface area contributed by atoms with Gasteiger partial charge in [0.15, 0.2) is 5.69 Å². The van der Waals surface area contributed by atoms with Crippen LogP contribution in [0.1, 0.15) is 21.7 Å². The third-order valence-corrected chi connectivity index (χ3v) is 2.85. The number of hydrogen-bond donors (Lipinski definition) is 1. The van der Waals surface area contributed by atoms with Crippen molar-refractivity contribution in [3.8, 4) is 0 Å². The molecule has 0 spiro atoms. The van der Waals surface area contributed by atoms with Gasteiger partial charge in [-0.3, -0.25) is 4.40 Å². The highest BCUT2D eigenvalue weighted by atomic mass is 35.6. The number of nitrogens with zero attached hydrogens (tertiary/aromatic N) is 2. The van der Waals surface area contributed by atoms with Crippen LogP contribution in [0.15, 0.2) is 18.3 Å². The number of carbonyl (C=O) groups is 1. The molecule has 0 aromatic carbocycles. The van der Waals surface area contributed by atoms with Crippen LogP contribution in [0, 0.1) is 6.92 Å². The number of aryl methyl sites for hydroxylation is 1. The Morgan fingerprint density at radius 2 is 2.12 bits per heavy atom. The van der Waals surface area contributed by atoms with Crippen LogP contribution in [0.2, 0.25) is 0 Å². The first kappa shape index (κ1) is 12.5. The van der Waals surface area contributed by atoms with Gasteiger partial charge in [0.25, 0.3) is 0 Å². The Morgan fingerprint density at radius 3 is 2.65 bits per heavy atom. The van der Waals surface area contributed by atoms with Crippen molar-refractivity contribution in [2.24, 2.45) is 0 Å². The number of fused-ring (bicyclic) bond motifs is 1. The topological polar surface area (TPSA) is 54.6 Å². The first-order valence-corrected chi connectivity index (χ1v) is 5.74. The summed E-state index contributed by atoms with van der Waals surface area (Å²) in [7, 11) is 0. The van der Waals surface area contributed by atoms with Gasteiger partial charge >= 0.3 is 5.97 Å². The monoisotopic (exact) mass is 292 g/mol. The predicted molar refractivity (Wildman–Crippen MR) is 66.1 cm³/mol. The summed E-state index contributed by atoms with van der Waals surface area (Å²) < 4.78 is -0.471. The van der Waals surface area contributed by atoms with Gasteiger partial charge in [-0.2, -0.15) is 0 Å². The molecule has 0 amide bonds. The maximum atomic E-state index is 11.2. The number of imidazole rings is 1. The zero-order valence-electron chi connectivity index (χ0n) is 8.62. The number of rotatable bonds is 1. The fourth-order valence-corrected chi connectivity index (χ4v) is 2.00. The van der Waals surface area contributed by atoms with Crippen molar-refractivity contribution in [3.05, 3.63) is 35.3 Å². The van der Waals surface area contributed by atoms with E-state index in [1.165, 1.54) is 4.40 Å². The lowest BCUT2D eigenvalue weighted by Gasteiger charge is -2.07. The third kappa shape index (κ3) is 2.08. The SMILES string of the molecule is Cc1cccn2c(C(=O)O)c(C(Cl)(Cl)Cl)nc12. The number of pyridine rings is 1. The Balaban J connectivity index is 2.90. The quantitative estimate of drug-likeness (QED) is 0.822. The second kappa shape index (κ2) is 4.05. The van der Waals surface area contributed by atoms with Crippen molar-refractivity contribution in [1.29, 1.82) is 0 Å². The van der Waals surface area contributed by atoms with Crippen LogP contribution in [0.25, 0.3) is 5.65 Å². The first-order chi connectivity index (χ1) is 7.82. The zero-order chi connectivity index (χ0) is 12.8. The van der Waals surface area contributed by atoms with E-state index in [1.54, 1.807) is 25.3 Å². The molecule has 2 aromatic heterocycles. The Morgan fingerprint density at radius 1 is 1.47 bits per heavy atom. The maximum absolute atomic E-state index is 11.2. The molecule has 2 aromatic rings. The van der Waals surface area contributed by atoms with E-state index >= 15 is 0 Å². The third-order valence-electron chi connectivity index (χ3n) is 2.32.